The Morgan fingerprint density at radius 3 is 1.64 bits per heavy atom. The van der Waals surface area contributed by atoms with Crippen LogP contribution in [-0.2, 0) is 0 Å². The van der Waals surface area contributed by atoms with Crippen molar-refractivity contribution in [3.05, 3.63) is 12.7 Å². The minimum absolute atomic E-state index is 0. The van der Waals surface area contributed by atoms with Gasteiger partial charge in [-0.1, -0.05) is 6.08 Å². The maximum Gasteiger partial charge on any atom is 0.232 e. The van der Waals surface area contributed by atoms with Crippen molar-refractivity contribution in [2.45, 2.75) is 37.0 Å². The van der Waals surface area contributed by atoms with Crippen molar-refractivity contribution in [3.8, 4) is 0 Å². The zero-order valence-corrected chi connectivity index (χ0v) is 17.3. The lowest BCUT2D eigenvalue weighted by atomic mass is 10.0. The van der Waals surface area contributed by atoms with Gasteiger partial charge in [0.15, 0.2) is 0 Å². The van der Waals surface area contributed by atoms with Crippen LogP contribution in [0.15, 0.2) is 12.7 Å². The maximum absolute atomic E-state index is 6.16. The van der Waals surface area contributed by atoms with Gasteiger partial charge in [0.25, 0.3) is 0 Å². The Kier molecular flexibility index (Phi) is 7.79. The van der Waals surface area contributed by atoms with Gasteiger partial charge in [0.1, 0.15) is 0 Å². The number of rotatable bonds is 5. The number of hydrogen-bond donors (Lipinski definition) is 4. The van der Waals surface area contributed by atoms with E-state index in [0.29, 0.717) is 50.6 Å². The van der Waals surface area contributed by atoms with E-state index < -0.39 is 0 Å². The van der Waals surface area contributed by atoms with Gasteiger partial charge in [0.2, 0.25) is 17.8 Å². The Morgan fingerprint density at radius 1 is 0.893 bits per heavy atom. The fourth-order valence-electron chi connectivity index (χ4n) is 3.76. The molecular formula is C17H33ClN10. The van der Waals surface area contributed by atoms with Crippen LogP contribution in [0.4, 0.5) is 17.8 Å². The number of hydrogen-bond acceptors (Lipinski definition) is 10. The molecule has 28 heavy (non-hydrogen) atoms. The molecule has 1 aromatic rings. The number of halogens is 1. The van der Waals surface area contributed by atoms with E-state index in [9.17, 15) is 0 Å². The van der Waals surface area contributed by atoms with Crippen molar-refractivity contribution < 1.29 is 0 Å². The average molecular weight is 413 g/mol. The zero-order valence-electron chi connectivity index (χ0n) is 16.4. The number of nitrogens with zero attached hydrogens (tertiary/aromatic N) is 6. The molecule has 4 atom stereocenters. The van der Waals surface area contributed by atoms with Crippen molar-refractivity contribution in [2.24, 2.45) is 22.9 Å². The second-order valence-corrected chi connectivity index (χ2v) is 7.73. The van der Waals surface area contributed by atoms with E-state index in [2.05, 4.69) is 16.5 Å². The molecule has 0 aliphatic carbocycles. The van der Waals surface area contributed by atoms with Crippen molar-refractivity contribution >= 4 is 30.3 Å². The molecule has 0 aromatic carbocycles. The summed E-state index contributed by atoms with van der Waals surface area (Å²) < 4.78 is 0. The number of nitrogens with two attached hydrogens (primary N) is 4. The van der Waals surface area contributed by atoms with Gasteiger partial charge in [0.05, 0.1) is 0 Å². The van der Waals surface area contributed by atoms with E-state index in [0.717, 1.165) is 12.8 Å². The summed E-state index contributed by atoms with van der Waals surface area (Å²) in [7, 11) is 1.92. The molecule has 2 saturated heterocycles. The van der Waals surface area contributed by atoms with E-state index in [1.807, 2.05) is 27.8 Å². The Balaban J connectivity index is 0.00000280. The summed E-state index contributed by atoms with van der Waals surface area (Å²) in [6.45, 7) is 7.09. The van der Waals surface area contributed by atoms with Crippen molar-refractivity contribution in [1.29, 1.82) is 0 Å². The molecule has 8 N–H and O–H groups in total. The number of anilines is 3. The zero-order chi connectivity index (χ0) is 19.6. The Hall–Kier alpha value is -1.72. The molecule has 0 saturated carbocycles. The lowest BCUT2D eigenvalue weighted by Gasteiger charge is -2.37. The first-order valence-corrected chi connectivity index (χ1v) is 9.46. The second kappa shape index (κ2) is 9.66. The summed E-state index contributed by atoms with van der Waals surface area (Å²) >= 11 is 0. The summed E-state index contributed by atoms with van der Waals surface area (Å²) in [5, 5.41) is 0. The molecule has 0 unspecified atom stereocenters. The predicted molar refractivity (Wildman–Crippen MR) is 116 cm³/mol. The van der Waals surface area contributed by atoms with Gasteiger partial charge in [-0.25, -0.2) is 0 Å². The first-order valence-electron chi connectivity index (χ1n) is 9.46. The third-order valence-electron chi connectivity index (χ3n) is 4.94. The van der Waals surface area contributed by atoms with Gasteiger partial charge in [-0.2, -0.15) is 15.0 Å². The standard InChI is InChI=1S/C17H32N10.ClH/c1-3-4-25(2)15-22-16(26-7-11(18)5-12(19)8-26)24-17(23-15)27-9-13(20)6-14(21)10-27;/h3,11-14H,1,4-10,18-21H2,2H3;1H/t11-,12+,13-,14+;. The summed E-state index contributed by atoms with van der Waals surface area (Å²) in [5.41, 5.74) is 24.6. The molecule has 2 fully saturated rings. The van der Waals surface area contributed by atoms with E-state index in [1.54, 1.807) is 0 Å². The van der Waals surface area contributed by atoms with E-state index in [4.69, 9.17) is 27.9 Å². The molecule has 0 amide bonds. The van der Waals surface area contributed by atoms with Crippen LogP contribution in [0.5, 0.6) is 0 Å². The molecule has 3 rings (SSSR count). The van der Waals surface area contributed by atoms with Gasteiger partial charge in [-0.15, -0.1) is 19.0 Å². The smallest absolute Gasteiger partial charge is 0.232 e. The Morgan fingerprint density at radius 2 is 1.29 bits per heavy atom. The highest BCUT2D eigenvalue weighted by molar-refractivity contribution is 5.85. The Bertz CT molecular complexity index is 595. The summed E-state index contributed by atoms with van der Waals surface area (Å²) in [6.07, 6.45) is 3.41. The summed E-state index contributed by atoms with van der Waals surface area (Å²) in [6, 6.07) is 0.000560. The number of likely N-dealkylation sites (N-methyl/N-ethyl adjacent to an activating group) is 1. The highest BCUT2D eigenvalue weighted by atomic mass is 35.5. The van der Waals surface area contributed by atoms with Gasteiger partial charge >= 0.3 is 0 Å². The van der Waals surface area contributed by atoms with Crippen molar-refractivity contribution in [1.82, 2.24) is 15.0 Å². The van der Waals surface area contributed by atoms with Crippen LogP contribution in [-0.4, -0.2) is 78.9 Å². The average Bonchev–Trinajstić information content (AvgIpc) is 2.60. The highest BCUT2D eigenvalue weighted by Gasteiger charge is 2.29. The monoisotopic (exact) mass is 412 g/mol. The van der Waals surface area contributed by atoms with E-state index >= 15 is 0 Å². The third-order valence-corrected chi connectivity index (χ3v) is 4.94. The SMILES string of the molecule is C=CCN(C)c1nc(N2C[C@H](N)C[C@H](N)C2)nc(N2C[C@H](N)C[C@H](N)C2)n1.Cl. The largest absolute Gasteiger partial charge is 0.340 e. The highest BCUT2D eigenvalue weighted by Crippen LogP contribution is 2.23. The fraction of sp³-hybridized carbons (Fsp3) is 0.706. The van der Waals surface area contributed by atoms with Crippen LogP contribution in [0.3, 0.4) is 0 Å². The number of aromatic nitrogens is 3. The lowest BCUT2D eigenvalue weighted by molar-refractivity contribution is 0.441. The van der Waals surface area contributed by atoms with Gasteiger partial charge in [-0.05, 0) is 12.8 Å². The van der Waals surface area contributed by atoms with Gasteiger partial charge < -0.3 is 37.6 Å². The molecule has 3 heterocycles. The molecule has 0 bridgehead atoms. The van der Waals surface area contributed by atoms with Crippen molar-refractivity contribution in [2.75, 3.05) is 54.5 Å². The van der Waals surface area contributed by atoms with Crippen LogP contribution in [0.25, 0.3) is 0 Å². The molecular weight excluding hydrogens is 380 g/mol. The normalized spacial score (nSPS) is 27.9. The van der Waals surface area contributed by atoms with Crippen LogP contribution >= 0.6 is 12.4 Å². The van der Waals surface area contributed by atoms with Crippen LogP contribution < -0.4 is 37.6 Å². The topological polar surface area (TPSA) is 152 Å². The molecule has 1 aromatic heterocycles. The lowest BCUT2D eigenvalue weighted by Crippen LogP contribution is -2.54. The first-order chi connectivity index (χ1) is 12.9. The molecule has 2 aliphatic heterocycles. The Labute approximate surface area is 172 Å². The van der Waals surface area contributed by atoms with Crippen LogP contribution in [0.1, 0.15) is 12.8 Å². The van der Waals surface area contributed by atoms with Gasteiger partial charge in [0, 0.05) is 63.9 Å². The molecule has 0 spiro atoms. The van der Waals surface area contributed by atoms with E-state index in [-0.39, 0.29) is 36.6 Å². The quantitative estimate of drug-likeness (QED) is 0.426. The molecule has 2 aliphatic rings. The van der Waals surface area contributed by atoms with Crippen LogP contribution in [0.2, 0.25) is 0 Å². The molecule has 0 radical (unpaired) electrons. The van der Waals surface area contributed by atoms with Gasteiger partial charge in [-0.3, -0.25) is 0 Å². The fourth-order valence-corrected chi connectivity index (χ4v) is 3.76. The summed E-state index contributed by atoms with van der Waals surface area (Å²) in [5.74, 6) is 1.75. The maximum atomic E-state index is 6.16. The predicted octanol–water partition coefficient (Wildman–Crippen LogP) is -1.35. The van der Waals surface area contributed by atoms with Crippen LogP contribution in [0, 0.1) is 0 Å². The molecule has 10 nitrogen and oxygen atoms in total. The van der Waals surface area contributed by atoms with E-state index in [1.165, 1.54) is 0 Å². The number of piperidine rings is 2. The van der Waals surface area contributed by atoms with Crippen molar-refractivity contribution in [3.63, 3.8) is 0 Å². The minimum atomic E-state index is 0. The first kappa shape index (κ1) is 22.6. The third kappa shape index (κ3) is 5.42. The summed E-state index contributed by atoms with van der Waals surface area (Å²) in [4.78, 5) is 20.0. The molecule has 158 valence electrons. The minimum Gasteiger partial charge on any atom is -0.340 e. The molecule has 11 heteroatoms. The second-order valence-electron chi connectivity index (χ2n) is 7.73.